The molecular formula is C24H32N6O2. The predicted octanol–water partition coefficient (Wildman–Crippen LogP) is 3.04. The molecule has 5 heterocycles. The first-order valence-corrected chi connectivity index (χ1v) is 12.2. The Morgan fingerprint density at radius 3 is 2.94 bits per heavy atom. The van der Waals surface area contributed by atoms with E-state index < -0.39 is 0 Å². The van der Waals surface area contributed by atoms with Crippen molar-refractivity contribution in [3.05, 3.63) is 35.3 Å². The lowest BCUT2D eigenvalue weighted by atomic mass is 9.87. The number of amides is 1. The number of nitrogens with zero attached hydrogens (tertiary/aromatic N) is 4. The molecule has 4 aliphatic rings. The van der Waals surface area contributed by atoms with Crippen molar-refractivity contribution in [2.45, 2.75) is 63.5 Å². The van der Waals surface area contributed by atoms with Crippen molar-refractivity contribution >= 4 is 17.4 Å². The third kappa shape index (κ3) is 3.45. The number of hydrogen-bond acceptors (Lipinski definition) is 7. The Kier molecular flexibility index (Phi) is 5.05. The van der Waals surface area contributed by atoms with Gasteiger partial charge in [-0.3, -0.25) is 4.79 Å². The number of rotatable bonds is 5. The highest BCUT2D eigenvalue weighted by atomic mass is 16.5. The fraction of sp³-hybridized carbons (Fsp3) is 0.625. The lowest BCUT2D eigenvalue weighted by Crippen LogP contribution is -2.44. The molecule has 0 radical (unpaired) electrons. The molecule has 2 saturated heterocycles. The van der Waals surface area contributed by atoms with Gasteiger partial charge in [0.25, 0.3) is 0 Å². The molecule has 1 saturated carbocycles. The van der Waals surface area contributed by atoms with E-state index in [4.69, 9.17) is 9.51 Å². The molecule has 3 aliphatic heterocycles. The summed E-state index contributed by atoms with van der Waals surface area (Å²) in [5, 5.41) is 11.2. The van der Waals surface area contributed by atoms with Crippen LogP contribution in [0.4, 0.5) is 11.5 Å². The van der Waals surface area contributed by atoms with Crippen molar-refractivity contribution in [3.63, 3.8) is 0 Å². The highest BCUT2D eigenvalue weighted by Gasteiger charge is 2.47. The van der Waals surface area contributed by atoms with E-state index in [1.807, 2.05) is 0 Å². The van der Waals surface area contributed by atoms with E-state index in [-0.39, 0.29) is 12.0 Å². The predicted molar refractivity (Wildman–Crippen MR) is 122 cm³/mol. The van der Waals surface area contributed by atoms with E-state index in [9.17, 15) is 4.79 Å². The second kappa shape index (κ2) is 8.06. The fourth-order valence-corrected chi connectivity index (χ4v) is 5.68. The normalized spacial score (nSPS) is 29.2. The first kappa shape index (κ1) is 20.0. The maximum absolute atomic E-state index is 13.2. The van der Waals surface area contributed by atoms with Gasteiger partial charge in [0.15, 0.2) is 5.82 Å². The second-order valence-corrected chi connectivity index (χ2v) is 9.61. The van der Waals surface area contributed by atoms with Crippen LogP contribution >= 0.6 is 0 Å². The summed E-state index contributed by atoms with van der Waals surface area (Å²) in [5.41, 5.74) is 3.15. The third-order valence-electron chi connectivity index (χ3n) is 7.60. The molecule has 1 amide bonds. The Bertz CT molecular complexity index is 1000. The van der Waals surface area contributed by atoms with Gasteiger partial charge in [-0.15, -0.1) is 0 Å². The molecule has 0 spiro atoms. The molecule has 1 aliphatic carbocycles. The van der Waals surface area contributed by atoms with E-state index in [0.717, 1.165) is 93.5 Å². The van der Waals surface area contributed by atoms with Gasteiger partial charge in [-0.2, -0.15) is 0 Å². The Labute approximate surface area is 188 Å². The first-order valence-electron chi connectivity index (χ1n) is 12.2. The Hall–Kier alpha value is -2.61. The summed E-state index contributed by atoms with van der Waals surface area (Å²) in [6.45, 7) is 5.61. The number of carbonyl (C=O) groups is 1. The van der Waals surface area contributed by atoms with E-state index in [1.165, 1.54) is 0 Å². The maximum Gasteiger partial charge on any atom is 0.227 e. The zero-order valence-corrected chi connectivity index (χ0v) is 18.7. The largest absolute Gasteiger partial charge is 0.361 e. The van der Waals surface area contributed by atoms with E-state index in [0.29, 0.717) is 17.9 Å². The number of anilines is 2. The molecule has 0 aromatic carbocycles. The van der Waals surface area contributed by atoms with Crippen molar-refractivity contribution in [2.75, 3.05) is 36.5 Å². The van der Waals surface area contributed by atoms with Crippen LogP contribution in [0.25, 0.3) is 0 Å². The number of fused-ring (bicyclic) bond motifs is 1. The number of nitrogens with one attached hydrogen (secondary N) is 2. The summed E-state index contributed by atoms with van der Waals surface area (Å²) in [5.74, 6) is 2.62. The standard InChI is InChI=1S/C24H32N6O2/c1-2-15-12-21(32-28-15)17-13-20(17)30-14-26-23-19(30)8-7-18(27-23)22-16(6-5-9-25-22)24(31)29-10-3-4-11-29/h7-8,12,16-17,20,22,25H,2-6,9-11,13-14H2,1H3,(H,26,27)/t16?,17?,20-,22?/m1/s1. The van der Waals surface area contributed by atoms with Crippen molar-refractivity contribution < 1.29 is 9.32 Å². The van der Waals surface area contributed by atoms with E-state index in [2.05, 4.69) is 50.7 Å². The van der Waals surface area contributed by atoms with Gasteiger partial charge in [0.05, 0.1) is 35.7 Å². The van der Waals surface area contributed by atoms with Crippen LogP contribution in [0.2, 0.25) is 0 Å². The molecule has 2 N–H and O–H groups in total. The van der Waals surface area contributed by atoms with Gasteiger partial charge >= 0.3 is 0 Å². The number of aryl methyl sites for hydroxylation is 1. The molecule has 4 atom stereocenters. The zero-order valence-electron chi connectivity index (χ0n) is 18.7. The molecule has 2 aromatic rings. The molecule has 170 valence electrons. The quantitative estimate of drug-likeness (QED) is 0.745. The van der Waals surface area contributed by atoms with Crippen LogP contribution in [0.1, 0.15) is 68.1 Å². The number of likely N-dealkylation sites (tertiary alicyclic amines) is 1. The third-order valence-corrected chi connectivity index (χ3v) is 7.60. The van der Waals surface area contributed by atoms with Gasteiger partial charge < -0.3 is 25.0 Å². The van der Waals surface area contributed by atoms with Crippen LogP contribution in [-0.2, 0) is 11.2 Å². The molecule has 0 bridgehead atoms. The number of hydrogen-bond donors (Lipinski definition) is 2. The fourth-order valence-electron chi connectivity index (χ4n) is 5.68. The number of carbonyl (C=O) groups excluding carboxylic acids is 1. The minimum absolute atomic E-state index is 0.00617. The Morgan fingerprint density at radius 2 is 2.12 bits per heavy atom. The highest BCUT2D eigenvalue weighted by molar-refractivity contribution is 5.80. The lowest BCUT2D eigenvalue weighted by Gasteiger charge is -2.34. The van der Waals surface area contributed by atoms with Crippen LogP contribution in [0.15, 0.2) is 22.7 Å². The van der Waals surface area contributed by atoms with Gasteiger partial charge in [0, 0.05) is 31.1 Å². The summed E-state index contributed by atoms with van der Waals surface area (Å²) in [7, 11) is 0. The molecule has 8 heteroatoms. The average molecular weight is 437 g/mol. The zero-order chi connectivity index (χ0) is 21.7. The monoisotopic (exact) mass is 436 g/mol. The molecule has 8 nitrogen and oxygen atoms in total. The number of pyridine rings is 1. The highest BCUT2D eigenvalue weighted by Crippen LogP contribution is 2.49. The molecule has 2 aromatic heterocycles. The first-order chi connectivity index (χ1) is 15.7. The van der Waals surface area contributed by atoms with E-state index >= 15 is 0 Å². The molecule has 3 fully saturated rings. The topological polar surface area (TPSA) is 86.5 Å². The van der Waals surface area contributed by atoms with Crippen LogP contribution < -0.4 is 15.5 Å². The van der Waals surface area contributed by atoms with Gasteiger partial charge in [-0.05, 0) is 57.2 Å². The number of piperidine rings is 1. The van der Waals surface area contributed by atoms with Crippen molar-refractivity contribution in [3.8, 4) is 0 Å². The molecular weight excluding hydrogens is 404 g/mol. The minimum Gasteiger partial charge on any atom is -0.361 e. The molecule has 3 unspecified atom stereocenters. The Balaban J connectivity index is 1.19. The summed E-state index contributed by atoms with van der Waals surface area (Å²) in [6.07, 6.45) is 6.22. The molecule has 32 heavy (non-hydrogen) atoms. The summed E-state index contributed by atoms with van der Waals surface area (Å²) in [6, 6.07) is 6.81. The Morgan fingerprint density at radius 1 is 1.25 bits per heavy atom. The minimum atomic E-state index is -0.0167. The van der Waals surface area contributed by atoms with Crippen LogP contribution in [-0.4, -0.2) is 53.3 Å². The van der Waals surface area contributed by atoms with E-state index in [1.54, 1.807) is 0 Å². The molecule has 6 rings (SSSR count). The van der Waals surface area contributed by atoms with Crippen molar-refractivity contribution in [2.24, 2.45) is 5.92 Å². The summed E-state index contributed by atoms with van der Waals surface area (Å²) >= 11 is 0. The van der Waals surface area contributed by atoms with Crippen LogP contribution in [0, 0.1) is 5.92 Å². The number of aromatic nitrogens is 2. The van der Waals surface area contributed by atoms with Gasteiger partial charge in [-0.1, -0.05) is 12.1 Å². The summed E-state index contributed by atoms with van der Waals surface area (Å²) in [4.78, 5) is 22.6. The lowest BCUT2D eigenvalue weighted by molar-refractivity contribution is -0.136. The average Bonchev–Trinajstić information content (AvgIpc) is 3.26. The SMILES string of the molecule is CCc1cc(C2C[C@H]2N2CNc3nc(C4NCCCC4C(=O)N4CCCC4)ccc32)on1. The van der Waals surface area contributed by atoms with Crippen LogP contribution in [0.3, 0.4) is 0 Å². The maximum atomic E-state index is 13.2. The van der Waals surface area contributed by atoms with Crippen molar-refractivity contribution in [1.82, 2.24) is 20.4 Å². The van der Waals surface area contributed by atoms with Crippen molar-refractivity contribution in [1.29, 1.82) is 0 Å². The van der Waals surface area contributed by atoms with Crippen LogP contribution in [0.5, 0.6) is 0 Å². The van der Waals surface area contributed by atoms with Gasteiger partial charge in [0.1, 0.15) is 5.76 Å². The smallest absolute Gasteiger partial charge is 0.227 e. The second-order valence-electron chi connectivity index (χ2n) is 9.61. The van der Waals surface area contributed by atoms with Gasteiger partial charge in [0.2, 0.25) is 5.91 Å². The van der Waals surface area contributed by atoms with Gasteiger partial charge in [-0.25, -0.2) is 4.98 Å². The summed E-state index contributed by atoms with van der Waals surface area (Å²) < 4.78 is 5.58.